The first kappa shape index (κ1) is 22.8. The average Bonchev–Trinajstić information content (AvgIpc) is 3.52. The van der Waals surface area contributed by atoms with Gasteiger partial charge in [-0.2, -0.15) is 0 Å². The van der Waals surface area contributed by atoms with Crippen LogP contribution in [0.25, 0.3) is 11.1 Å². The third-order valence-corrected chi connectivity index (χ3v) is 6.73. The minimum atomic E-state index is -1.26. The number of ether oxygens (including phenoxy) is 1. The number of alkyl carbamates (subject to hydrolysis) is 1. The van der Waals surface area contributed by atoms with Crippen molar-refractivity contribution in [3.8, 4) is 11.1 Å². The second-order valence-electron chi connectivity index (χ2n) is 9.19. The van der Waals surface area contributed by atoms with E-state index < -0.39 is 17.6 Å². The predicted octanol–water partition coefficient (Wildman–Crippen LogP) is 3.92. The van der Waals surface area contributed by atoms with Gasteiger partial charge in [0.15, 0.2) is 0 Å². The molecule has 3 atom stereocenters. The van der Waals surface area contributed by atoms with E-state index in [1.807, 2.05) is 31.2 Å². The van der Waals surface area contributed by atoms with Crippen LogP contribution in [0.5, 0.6) is 0 Å². The number of benzene rings is 2. The summed E-state index contributed by atoms with van der Waals surface area (Å²) in [6.45, 7) is 3.98. The van der Waals surface area contributed by atoms with E-state index in [0.717, 1.165) is 11.1 Å². The Balaban J connectivity index is 1.26. The molecule has 0 bridgehead atoms. The number of nitrogens with one attached hydrogen (secondary N) is 2. The van der Waals surface area contributed by atoms with Crippen LogP contribution in [0.2, 0.25) is 0 Å². The van der Waals surface area contributed by atoms with Crippen LogP contribution in [0, 0.1) is 11.8 Å². The van der Waals surface area contributed by atoms with Gasteiger partial charge in [-0.1, -0.05) is 61.9 Å². The third kappa shape index (κ3) is 4.72. The lowest BCUT2D eigenvalue weighted by Crippen LogP contribution is -2.52. The van der Waals surface area contributed by atoms with Gasteiger partial charge in [0, 0.05) is 18.4 Å². The van der Waals surface area contributed by atoms with Gasteiger partial charge in [-0.25, -0.2) is 9.59 Å². The number of aliphatic carboxylic acids is 1. The van der Waals surface area contributed by atoms with E-state index in [2.05, 4.69) is 34.9 Å². The second-order valence-corrected chi connectivity index (χ2v) is 9.19. The molecule has 33 heavy (non-hydrogen) atoms. The molecule has 0 aliphatic heterocycles. The number of carboxylic acids is 1. The molecule has 0 heterocycles. The van der Waals surface area contributed by atoms with Gasteiger partial charge in [0.25, 0.3) is 0 Å². The predicted molar refractivity (Wildman–Crippen MR) is 124 cm³/mol. The maximum Gasteiger partial charge on any atom is 0.407 e. The number of rotatable bonds is 9. The molecule has 174 valence electrons. The van der Waals surface area contributed by atoms with Crippen molar-refractivity contribution in [3.05, 3.63) is 59.7 Å². The lowest BCUT2D eigenvalue weighted by atomic mass is 9.96. The van der Waals surface area contributed by atoms with Crippen LogP contribution in [-0.4, -0.2) is 41.8 Å². The number of carbonyl (C=O) groups excluding carboxylic acids is 2. The summed E-state index contributed by atoms with van der Waals surface area (Å²) < 4.78 is 5.53. The van der Waals surface area contributed by atoms with E-state index >= 15 is 0 Å². The van der Waals surface area contributed by atoms with E-state index in [-0.39, 0.29) is 30.3 Å². The van der Waals surface area contributed by atoms with Crippen LogP contribution in [0.15, 0.2) is 48.5 Å². The van der Waals surface area contributed by atoms with Crippen molar-refractivity contribution < 1.29 is 24.2 Å². The molecule has 1 saturated carbocycles. The van der Waals surface area contributed by atoms with Crippen molar-refractivity contribution in [2.24, 2.45) is 11.8 Å². The van der Waals surface area contributed by atoms with Crippen molar-refractivity contribution in [3.63, 3.8) is 0 Å². The van der Waals surface area contributed by atoms with Crippen molar-refractivity contribution in [1.29, 1.82) is 0 Å². The Labute approximate surface area is 193 Å². The fraction of sp³-hybridized carbons (Fsp3) is 0.423. The second kappa shape index (κ2) is 9.25. The molecule has 1 fully saturated rings. The van der Waals surface area contributed by atoms with E-state index in [1.54, 1.807) is 0 Å². The normalized spacial score (nSPS) is 20.2. The molecule has 0 radical (unpaired) electrons. The molecule has 0 spiro atoms. The molecule has 7 heteroatoms. The van der Waals surface area contributed by atoms with E-state index in [9.17, 15) is 19.5 Å². The van der Waals surface area contributed by atoms with Crippen molar-refractivity contribution in [1.82, 2.24) is 10.6 Å². The Hall–Kier alpha value is -3.35. The van der Waals surface area contributed by atoms with Gasteiger partial charge in [0.2, 0.25) is 5.91 Å². The van der Waals surface area contributed by atoms with Crippen LogP contribution in [-0.2, 0) is 14.3 Å². The molecule has 4 rings (SSSR count). The fourth-order valence-electron chi connectivity index (χ4n) is 4.75. The van der Waals surface area contributed by atoms with Crippen molar-refractivity contribution >= 4 is 18.0 Å². The lowest BCUT2D eigenvalue weighted by Gasteiger charge is -2.25. The zero-order valence-corrected chi connectivity index (χ0v) is 19.0. The first-order valence-electron chi connectivity index (χ1n) is 11.5. The molecule has 2 aromatic rings. The summed E-state index contributed by atoms with van der Waals surface area (Å²) in [4.78, 5) is 36.3. The SMILES string of the molecule is CCCC(C)(NC(=O)C1CC1CNC(=O)OCC1c2ccccc2-c2ccccc21)C(=O)O. The number of carbonyl (C=O) groups is 3. The lowest BCUT2D eigenvalue weighted by molar-refractivity contribution is -0.147. The summed E-state index contributed by atoms with van der Waals surface area (Å²) in [7, 11) is 0. The van der Waals surface area contributed by atoms with Crippen LogP contribution in [0.4, 0.5) is 4.79 Å². The highest BCUT2D eigenvalue weighted by atomic mass is 16.5. The topological polar surface area (TPSA) is 105 Å². The molecule has 2 amide bonds. The first-order chi connectivity index (χ1) is 15.8. The zero-order chi connectivity index (χ0) is 23.6. The summed E-state index contributed by atoms with van der Waals surface area (Å²) in [6, 6.07) is 16.3. The summed E-state index contributed by atoms with van der Waals surface area (Å²) in [6.07, 6.45) is 1.13. The van der Waals surface area contributed by atoms with Gasteiger partial charge in [-0.05, 0) is 47.9 Å². The minimum Gasteiger partial charge on any atom is -0.480 e. The molecule has 2 aliphatic carbocycles. The highest BCUT2D eigenvalue weighted by molar-refractivity contribution is 5.89. The maximum absolute atomic E-state index is 12.5. The Morgan fingerprint density at radius 3 is 2.24 bits per heavy atom. The average molecular weight is 451 g/mol. The third-order valence-electron chi connectivity index (χ3n) is 6.73. The fourth-order valence-corrected chi connectivity index (χ4v) is 4.75. The van der Waals surface area contributed by atoms with Crippen molar-refractivity contribution in [2.75, 3.05) is 13.2 Å². The van der Waals surface area contributed by atoms with E-state index in [1.165, 1.54) is 18.1 Å². The summed E-state index contributed by atoms with van der Waals surface area (Å²) in [5.41, 5.74) is 3.38. The molecule has 3 unspecified atom stereocenters. The summed E-state index contributed by atoms with van der Waals surface area (Å²) in [5, 5.41) is 14.9. The van der Waals surface area contributed by atoms with Crippen molar-refractivity contribution in [2.45, 2.75) is 44.6 Å². The first-order valence-corrected chi connectivity index (χ1v) is 11.5. The molecule has 2 aliphatic rings. The number of hydrogen-bond acceptors (Lipinski definition) is 4. The molecule has 7 nitrogen and oxygen atoms in total. The highest BCUT2D eigenvalue weighted by Crippen LogP contribution is 2.44. The Kier molecular flexibility index (Phi) is 6.40. The van der Waals surface area contributed by atoms with Gasteiger partial charge in [-0.3, -0.25) is 4.79 Å². The zero-order valence-electron chi connectivity index (χ0n) is 19.0. The summed E-state index contributed by atoms with van der Waals surface area (Å²) in [5.74, 6) is -1.60. The quantitative estimate of drug-likeness (QED) is 0.537. The summed E-state index contributed by atoms with van der Waals surface area (Å²) >= 11 is 0. The van der Waals surface area contributed by atoms with Gasteiger partial charge >= 0.3 is 12.1 Å². The maximum atomic E-state index is 12.5. The molecule has 2 aromatic carbocycles. The number of fused-ring (bicyclic) bond motifs is 3. The minimum absolute atomic E-state index is 0.00476. The standard InChI is InChI=1S/C26H30N2O5/c1-3-12-26(2,24(30)31)28-23(29)21-13-16(21)14-27-25(32)33-15-22-19-10-6-4-8-17(19)18-9-5-7-11-20(18)22/h4-11,16,21-22H,3,12-15H2,1-2H3,(H,27,32)(H,28,29)(H,30,31). The molecular formula is C26H30N2O5. The molecule has 0 aromatic heterocycles. The van der Waals surface area contributed by atoms with Gasteiger partial charge < -0.3 is 20.5 Å². The Bertz CT molecular complexity index is 1020. The van der Waals surface area contributed by atoms with E-state index in [0.29, 0.717) is 25.8 Å². The van der Waals surface area contributed by atoms with Crippen LogP contribution >= 0.6 is 0 Å². The Morgan fingerprint density at radius 2 is 1.67 bits per heavy atom. The molecular weight excluding hydrogens is 420 g/mol. The van der Waals surface area contributed by atoms with Gasteiger partial charge in [-0.15, -0.1) is 0 Å². The Morgan fingerprint density at radius 1 is 1.06 bits per heavy atom. The smallest absolute Gasteiger partial charge is 0.407 e. The van der Waals surface area contributed by atoms with Gasteiger partial charge in [0.1, 0.15) is 12.1 Å². The number of hydrogen-bond donors (Lipinski definition) is 3. The van der Waals surface area contributed by atoms with Crippen LogP contribution < -0.4 is 10.6 Å². The van der Waals surface area contributed by atoms with Crippen LogP contribution in [0.1, 0.15) is 50.2 Å². The highest BCUT2D eigenvalue weighted by Gasteiger charge is 2.46. The van der Waals surface area contributed by atoms with Gasteiger partial charge in [0.05, 0.1) is 0 Å². The molecule has 3 N–H and O–H groups in total. The largest absolute Gasteiger partial charge is 0.480 e. The number of amides is 2. The monoisotopic (exact) mass is 450 g/mol. The van der Waals surface area contributed by atoms with Crippen LogP contribution in [0.3, 0.4) is 0 Å². The number of carboxylic acid groups (broad SMARTS) is 1. The van der Waals surface area contributed by atoms with E-state index in [4.69, 9.17) is 4.74 Å². The molecule has 0 saturated heterocycles.